The van der Waals surface area contributed by atoms with Crippen LogP contribution in [0.1, 0.15) is 25.8 Å². The zero-order chi connectivity index (χ0) is 18.3. The second-order valence-electron chi connectivity index (χ2n) is 6.89. The molecule has 1 atom stereocenters. The fourth-order valence-corrected chi connectivity index (χ4v) is 3.22. The Hall–Kier alpha value is -3.03. The molecule has 1 fully saturated rings. The van der Waals surface area contributed by atoms with Crippen LogP contribution in [-0.2, 0) is 20.9 Å². The van der Waals surface area contributed by atoms with E-state index < -0.39 is 11.5 Å². The van der Waals surface area contributed by atoms with Crippen LogP contribution in [0.4, 0.5) is 5.82 Å². The highest BCUT2D eigenvalue weighted by molar-refractivity contribution is 5.96. The first-order chi connectivity index (χ1) is 12.4. The van der Waals surface area contributed by atoms with Crippen LogP contribution in [0.2, 0.25) is 0 Å². The second kappa shape index (κ2) is 6.05. The van der Waals surface area contributed by atoms with Gasteiger partial charge in [-0.1, -0.05) is 6.07 Å². The molecule has 0 radical (unpaired) electrons. The van der Waals surface area contributed by atoms with Crippen LogP contribution in [0.25, 0.3) is 0 Å². The lowest BCUT2D eigenvalue weighted by molar-refractivity contribution is -0.147. The zero-order valence-electron chi connectivity index (χ0n) is 14.5. The summed E-state index contributed by atoms with van der Waals surface area (Å²) in [4.78, 5) is 24.1. The SMILES string of the molecule is CC1(C)OC(=O)CC1C(=O)Nc1ccnn1Cc1ccc2c(c1)OCO2. The van der Waals surface area contributed by atoms with E-state index in [-0.39, 0.29) is 25.1 Å². The number of ether oxygens (including phenoxy) is 3. The Morgan fingerprint density at radius 3 is 2.88 bits per heavy atom. The van der Waals surface area contributed by atoms with Crippen molar-refractivity contribution in [2.45, 2.75) is 32.4 Å². The molecule has 1 aromatic carbocycles. The quantitative estimate of drug-likeness (QED) is 0.841. The van der Waals surface area contributed by atoms with Crippen LogP contribution in [0, 0.1) is 5.92 Å². The first kappa shape index (κ1) is 16.4. The lowest BCUT2D eigenvalue weighted by atomic mass is 9.90. The standard InChI is InChI=1S/C18H19N3O5/c1-18(2)12(8-16(22)26-18)17(23)20-15-5-6-19-21(15)9-11-3-4-13-14(7-11)25-10-24-13/h3-7,12H,8-10H2,1-2H3,(H,20,23). The summed E-state index contributed by atoms with van der Waals surface area (Å²) in [6.45, 7) is 4.17. The highest BCUT2D eigenvalue weighted by atomic mass is 16.7. The maximum atomic E-state index is 12.6. The molecule has 26 heavy (non-hydrogen) atoms. The molecule has 2 aromatic rings. The molecule has 2 aliphatic heterocycles. The molecule has 0 bridgehead atoms. The normalized spacial score (nSPS) is 20.1. The van der Waals surface area contributed by atoms with Crippen molar-refractivity contribution < 1.29 is 23.8 Å². The predicted octanol–water partition coefficient (Wildman–Crippen LogP) is 1.94. The van der Waals surface area contributed by atoms with E-state index in [1.165, 1.54) is 0 Å². The van der Waals surface area contributed by atoms with E-state index in [1.807, 2.05) is 18.2 Å². The average molecular weight is 357 g/mol. The third kappa shape index (κ3) is 2.98. The van der Waals surface area contributed by atoms with Gasteiger partial charge in [-0.2, -0.15) is 5.10 Å². The largest absolute Gasteiger partial charge is 0.459 e. The third-order valence-electron chi connectivity index (χ3n) is 4.64. The Bertz CT molecular complexity index is 873. The molecule has 0 aliphatic carbocycles. The fraction of sp³-hybridized carbons (Fsp3) is 0.389. The minimum atomic E-state index is -0.816. The maximum absolute atomic E-state index is 12.6. The summed E-state index contributed by atoms with van der Waals surface area (Å²) in [5.41, 5.74) is 0.150. The van der Waals surface area contributed by atoms with Crippen LogP contribution in [-0.4, -0.2) is 34.1 Å². The molecule has 8 heteroatoms. The van der Waals surface area contributed by atoms with Crippen LogP contribution in [0.3, 0.4) is 0 Å². The Kier molecular flexibility index (Phi) is 3.82. The van der Waals surface area contributed by atoms with Crippen LogP contribution < -0.4 is 14.8 Å². The van der Waals surface area contributed by atoms with Gasteiger partial charge >= 0.3 is 5.97 Å². The molecule has 136 valence electrons. The Balaban J connectivity index is 1.49. The molecule has 3 heterocycles. The summed E-state index contributed by atoms with van der Waals surface area (Å²) in [5.74, 6) is 0.823. The van der Waals surface area contributed by atoms with Gasteiger partial charge in [0.2, 0.25) is 12.7 Å². The van der Waals surface area contributed by atoms with E-state index in [2.05, 4.69) is 10.4 Å². The highest BCUT2D eigenvalue weighted by Crippen LogP contribution is 2.34. The molecular weight excluding hydrogens is 338 g/mol. The number of rotatable bonds is 4. The molecule has 8 nitrogen and oxygen atoms in total. The molecule has 4 rings (SSSR count). The van der Waals surface area contributed by atoms with Crippen LogP contribution in [0.15, 0.2) is 30.5 Å². The minimum Gasteiger partial charge on any atom is -0.459 e. The first-order valence-electron chi connectivity index (χ1n) is 8.35. The molecule has 0 saturated carbocycles. The Morgan fingerprint density at radius 2 is 2.12 bits per heavy atom. The van der Waals surface area contributed by atoms with Crippen molar-refractivity contribution in [1.82, 2.24) is 9.78 Å². The summed E-state index contributed by atoms with van der Waals surface area (Å²) in [5, 5.41) is 7.12. The number of fused-ring (bicyclic) bond motifs is 1. The number of aromatic nitrogens is 2. The van der Waals surface area contributed by atoms with Crippen LogP contribution >= 0.6 is 0 Å². The lowest BCUT2D eigenvalue weighted by Crippen LogP contribution is -2.37. The van der Waals surface area contributed by atoms with Crippen molar-refractivity contribution in [3.05, 3.63) is 36.0 Å². The second-order valence-corrected chi connectivity index (χ2v) is 6.89. The van der Waals surface area contributed by atoms with Gasteiger partial charge in [0.15, 0.2) is 11.5 Å². The van der Waals surface area contributed by atoms with Crippen molar-refractivity contribution in [2.75, 3.05) is 12.1 Å². The van der Waals surface area contributed by atoms with Gasteiger partial charge < -0.3 is 19.5 Å². The smallest absolute Gasteiger partial charge is 0.307 e. The van der Waals surface area contributed by atoms with Crippen molar-refractivity contribution >= 4 is 17.7 Å². The van der Waals surface area contributed by atoms with Gasteiger partial charge in [0.25, 0.3) is 0 Å². The number of nitrogens with zero attached hydrogens (tertiary/aromatic N) is 2. The lowest BCUT2D eigenvalue weighted by Gasteiger charge is -2.23. The third-order valence-corrected chi connectivity index (χ3v) is 4.64. The molecule has 1 unspecified atom stereocenters. The van der Waals surface area contributed by atoms with E-state index in [9.17, 15) is 9.59 Å². The van der Waals surface area contributed by atoms with Crippen molar-refractivity contribution in [1.29, 1.82) is 0 Å². The van der Waals surface area contributed by atoms with Gasteiger partial charge in [0, 0.05) is 6.07 Å². The zero-order valence-corrected chi connectivity index (χ0v) is 14.5. The number of nitrogens with one attached hydrogen (secondary N) is 1. The number of anilines is 1. The van der Waals surface area contributed by atoms with Crippen molar-refractivity contribution in [3.63, 3.8) is 0 Å². The number of cyclic esters (lactones) is 1. The molecule has 0 spiro atoms. The summed E-state index contributed by atoms with van der Waals surface area (Å²) >= 11 is 0. The molecule has 2 aliphatic rings. The first-order valence-corrected chi connectivity index (χ1v) is 8.35. The fourth-order valence-electron chi connectivity index (χ4n) is 3.22. The number of esters is 1. The minimum absolute atomic E-state index is 0.0785. The molecule has 1 N–H and O–H groups in total. The topological polar surface area (TPSA) is 91.7 Å². The monoisotopic (exact) mass is 357 g/mol. The average Bonchev–Trinajstić information content (AvgIpc) is 3.26. The van der Waals surface area contributed by atoms with Gasteiger partial charge in [-0.25, -0.2) is 4.68 Å². The summed E-state index contributed by atoms with van der Waals surface area (Å²) in [7, 11) is 0. The number of hydrogen-bond acceptors (Lipinski definition) is 6. The van der Waals surface area contributed by atoms with E-state index in [0.717, 1.165) is 11.3 Å². The Labute approximate surface area is 150 Å². The number of carbonyl (C=O) groups is 2. The van der Waals surface area contributed by atoms with Crippen LogP contribution in [0.5, 0.6) is 11.5 Å². The van der Waals surface area contributed by atoms with Gasteiger partial charge in [0.05, 0.1) is 25.1 Å². The maximum Gasteiger partial charge on any atom is 0.307 e. The van der Waals surface area contributed by atoms with E-state index in [4.69, 9.17) is 14.2 Å². The Morgan fingerprint density at radius 1 is 1.31 bits per heavy atom. The molecular formula is C18H19N3O5. The van der Waals surface area contributed by atoms with Gasteiger partial charge in [-0.15, -0.1) is 0 Å². The number of benzene rings is 1. The summed E-state index contributed by atoms with van der Waals surface area (Å²) in [6.07, 6.45) is 1.69. The number of hydrogen-bond donors (Lipinski definition) is 1. The van der Waals surface area contributed by atoms with Gasteiger partial charge in [0.1, 0.15) is 11.4 Å². The van der Waals surface area contributed by atoms with E-state index in [0.29, 0.717) is 18.1 Å². The van der Waals surface area contributed by atoms with Crippen molar-refractivity contribution in [2.24, 2.45) is 5.92 Å². The highest BCUT2D eigenvalue weighted by Gasteiger charge is 2.46. The van der Waals surface area contributed by atoms with E-state index >= 15 is 0 Å². The predicted molar refractivity (Wildman–Crippen MR) is 90.8 cm³/mol. The van der Waals surface area contributed by atoms with Gasteiger partial charge in [-0.3, -0.25) is 9.59 Å². The van der Waals surface area contributed by atoms with E-state index in [1.54, 1.807) is 30.8 Å². The summed E-state index contributed by atoms with van der Waals surface area (Å²) < 4.78 is 17.6. The van der Waals surface area contributed by atoms with Crippen molar-refractivity contribution in [3.8, 4) is 11.5 Å². The van der Waals surface area contributed by atoms with Gasteiger partial charge in [-0.05, 0) is 31.5 Å². The molecule has 1 amide bonds. The number of carbonyl (C=O) groups excluding carboxylic acids is 2. The number of amides is 1. The summed E-state index contributed by atoms with van der Waals surface area (Å²) in [6, 6.07) is 7.38. The molecule has 1 aromatic heterocycles. The molecule has 1 saturated heterocycles.